The Kier molecular flexibility index (Phi) is 6.21. The highest BCUT2D eigenvalue weighted by Gasteiger charge is 2.16. The number of benzene rings is 1. The zero-order chi connectivity index (χ0) is 14.3. The maximum Gasteiger partial charge on any atom is 0.326 e. The van der Waals surface area contributed by atoms with Crippen LogP contribution in [0.25, 0.3) is 0 Å². The number of aliphatic carboxylic acids is 1. The van der Waals surface area contributed by atoms with Crippen LogP contribution in [0.15, 0.2) is 24.3 Å². The predicted molar refractivity (Wildman–Crippen MR) is 78.8 cm³/mol. The molecule has 0 aliphatic carbocycles. The van der Waals surface area contributed by atoms with E-state index in [1.54, 1.807) is 36.0 Å². The normalized spacial score (nSPS) is 11.7. The molecule has 1 unspecified atom stereocenters. The molecule has 19 heavy (non-hydrogen) atoms. The Bertz CT molecular complexity index is 434. The number of carbonyl (C=O) groups excluding carboxylic acids is 1. The number of anilines is 2. The summed E-state index contributed by atoms with van der Waals surface area (Å²) in [7, 11) is 0. The molecule has 0 bridgehead atoms. The van der Waals surface area contributed by atoms with Crippen LogP contribution in [-0.4, -0.2) is 35.0 Å². The molecule has 0 radical (unpaired) electrons. The van der Waals surface area contributed by atoms with E-state index in [1.807, 2.05) is 6.26 Å². The van der Waals surface area contributed by atoms with E-state index in [9.17, 15) is 9.59 Å². The molecule has 1 aromatic rings. The highest BCUT2D eigenvalue weighted by atomic mass is 32.2. The van der Waals surface area contributed by atoms with Gasteiger partial charge in [-0.2, -0.15) is 11.8 Å². The number of carbonyl (C=O) groups is 2. The van der Waals surface area contributed by atoms with Crippen molar-refractivity contribution >= 4 is 35.0 Å². The Hall–Kier alpha value is -1.69. The summed E-state index contributed by atoms with van der Waals surface area (Å²) in [5.74, 6) is -0.211. The van der Waals surface area contributed by atoms with Crippen LogP contribution in [0.5, 0.6) is 0 Å². The summed E-state index contributed by atoms with van der Waals surface area (Å²) in [6, 6.07) is 6.37. The lowest BCUT2D eigenvalue weighted by Crippen LogP contribution is -2.29. The van der Waals surface area contributed by atoms with Gasteiger partial charge in [0.2, 0.25) is 5.91 Å². The molecule has 0 saturated heterocycles. The maximum absolute atomic E-state index is 11.1. The van der Waals surface area contributed by atoms with Gasteiger partial charge in [-0.1, -0.05) is 0 Å². The summed E-state index contributed by atoms with van der Waals surface area (Å²) < 4.78 is 0. The van der Waals surface area contributed by atoms with Crippen molar-refractivity contribution in [2.45, 2.75) is 19.4 Å². The van der Waals surface area contributed by atoms with Crippen LogP contribution in [0, 0.1) is 0 Å². The average Bonchev–Trinajstić information content (AvgIpc) is 2.35. The second-order valence-electron chi connectivity index (χ2n) is 4.08. The first-order chi connectivity index (χ1) is 9.02. The van der Waals surface area contributed by atoms with E-state index in [0.29, 0.717) is 12.1 Å². The summed E-state index contributed by atoms with van der Waals surface area (Å²) >= 11 is 1.62. The van der Waals surface area contributed by atoms with Gasteiger partial charge in [0.15, 0.2) is 0 Å². The average molecular weight is 282 g/mol. The third-order valence-corrected chi connectivity index (χ3v) is 3.10. The van der Waals surface area contributed by atoms with Crippen molar-refractivity contribution in [3.63, 3.8) is 0 Å². The number of amides is 1. The van der Waals surface area contributed by atoms with Crippen molar-refractivity contribution in [2.24, 2.45) is 0 Å². The van der Waals surface area contributed by atoms with E-state index in [2.05, 4.69) is 10.6 Å². The first-order valence-electron chi connectivity index (χ1n) is 5.89. The minimum atomic E-state index is -0.861. The van der Waals surface area contributed by atoms with Gasteiger partial charge in [-0.3, -0.25) is 4.79 Å². The Morgan fingerprint density at radius 2 is 1.84 bits per heavy atom. The van der Waals surface area contributed by atoms with Crippen molar-refractivity contribution in [3.05, 3.63) is 24.3 Å². The van der Waals surface area contributed by atoms with Gasteiger partial charge in [0, 0.05) is 18.3 Å². The molecule has 0 saturated carbocycles. The number of thioether (sulfide) groups is 1. The van der Waals surface area contributed by atoms with Crippen molar-refractivity contribution < 1.29 is 14.7 Å². The molecular weight excluding hydrogens is 264 g/mol. The lowest BCUT2D eigenvalue weighted by Gasteiger charge is -2.15. The Labute approximate surface area is 116 Å². The number of hydrogen-bond donors (Lipinski definition) is 3. The number of rotatable bonds is 7. The first kappa shape index (κ1) is 15.4. The van der Waals surface area contributed by atoms with Gasteiger partial charge >= 0.3 is 5.97 Å². The van der Waals surface area contributed by atoms with Gasteiger partial charge in [0.1, 0.15) is 6.04 Å². The Balaban J connectivity index is 2.64. The second kappa shape index (κ2) is 7.68. The van der Waals surface area contributed by atoms with Crippen LogP contribution < -0.4 is 10.6 Å². The number of hydrogen-bond acceptors (Lipinski definition) is 4. The maximum atomic E-state index is 11.1. The first-order valence-corrected chi connectivity index (χ1v) is 7.28. The zero-order valence-corrected chi connectivity index (χ0v) is 11.8. The largest absolute Gasteiger partial charge is 0.480 e. The third kappa shape index (κ3) is 5.65. The molecule has 104 valence electrons. The van der Waals surface area contributed by atoms with Crippen molar-refractivity contribution in [2.75, 3.05) is 22.6 Å². The van der Waals surface area contributed by atoms with Gasteiger partial charge in [-0.05, 0) is 42.7 Å². The SMILES string of the molecule is CSCCC(Nc1ccc(NC(C)=O)cc1)C(=O)O. The minimum absolute atomic E-state index is 0.135. The summed E-state index contributed by atoms with van der Waals surface area (Å²) in [4.78, 5) is 22.0. The topological polar surface area (TPSA) is 78.4 Å². The fourth-order valence-electron chi connectivity index (χ4n) is 1.55. The predicted octanol–water partition coefficient (Wildman–Crippen LogP) is 2.26. The smallest absolute Gasteiger partial charge is 0.326 e. The molecule has 0 aliphatic rings. The van der Waals surface area contributed by atoms with E-state index < -0.39 is 12.0 Å². The molecule has 1 rings (SSSR count). The molecule has 0 heterocycles. The summed E-state index contributed by atoms with van der Waals surface area (Å²) in [5, 5.41) is 14.7. The molecule has 6 heteroatoms. The van der Waals surface area contributed by atoms with Crippen LogP contribution in [0.4, 0.5) is 11.4 Å². The van der Waals surface area contributed by atoms with Gasteiger partial charge in [0.05, 0.1) is 0 Å². The second-order valence-corrected chi connectivity index (χ2v) is 5.06. The van der Waals surface area contributed by atoms with Crippen LogP contribution >= 0.6 is 11.8 Å². The Morgan fingerprint density at radius 3 is 2.32 bits per heavy atom. The molecule has 1 amide bonds. The highest BCUT2D eigenvalue weighted by Crippen LogP contribution is 2.16. The molecule has 0 aliphatic heterocycles. The minimum Gasteiger partial charge on any atom is -0.480 e. The molecule has 0 spiro atoms. The molecule has 5 nitrogen and oxygen atoms in total. The van der Waals surface area contributed by atoms with E-state index >= 15 is 0 Å². The van der Waals surface area contributed by atoms with Crippen LogP contribution in [-0.2, 0) is 9.59 Å². The Morgan fingerprint density at radius 1 is 1.26 bits per heavy atom. The van der Waals surface area contributed by atoms with Crippen LogP contribution in [0.2, 0.25) is 0 Å². The summed E-state index contributed by atoms with van der Waals surface area (Å²) in [6.45, 7) is 1.44. The quantitative estimate of drug-likeness (QED) is 0.715. The fourth-order valence-corrected chi connectivity index (χ4v) is 2.02. The molecule has 1 aromatic carbocycles. The molecule has 0 fully saturated rings. The van der Waals surface area contributed by atoms with E-state index in [-0.39, 0.29) is 5.91 Å². The van der Waals surface area contributed by atoms with Crippen LogP contribution in [0.3, 0.4) is 0 Å². The van der Waals surface area contributed by atoms with Gasteiger partial charge in [-0.15, -0.1) is 0 Å². The number of carboxylic acid groups (broad SMARTS) is 1. The van der Waals surface area contributed by atoms with Gasteiger partial charge in [0.25, 0.3) is 0 Å². The lowest BCUT2D eigenvalue weighted by molar-refractivity contribution is -0.137. The molecule has 3 N–H and O–H groups in total. The standard InChI is InChI=1S/C13H18N2O3S/c1-9(16)14-10-3-5-11(6-4-10)15-12(13(17)18)7-8-19-2/h3-6,12,15H,7-8H2,1-2H3,(H,14,16)(H,17,18). The summed E-state index contributed by atoms with van der Waals surface area (Å²) in [5.41, 5.74) is 1.41. The van der Waals surface area contributed by atoms with E-state index in [4.69, 9.17) is 5.11 Å². The monoisotopic (exact) mass is 282 g/mol. The van der Waals surface area contributed by atoms with Crippen LogP contribution in [0.1, 0.15) is 13.3 Å². The molecule has 1 atom stereocenters. The molecule has 0 aromatic heterocycles. The van der Waals surface area contributed by atoms with E-state index in [0.717, 1.165) is 11.4 Å². The van der Waals surface area contributed by atoms with Gasteiger partial charge in [-0.25, -0.2) is 4.79 Å². The van der Waals surface area contributed by atoms with Crippen molar-refractivity contribution in [1.82, 2.24) is 0 Å². The summed E-state index contributed by atoms with van der Waals surface area (Å²) in [6.07, 6.45) is 2.51. The van der Waals surface area contributed by atoms with Crippen molar-refractivity contribution in [1.29, 1.82) is 0 Å². The molecular formula is C13H18N2O3S. The zero-order valence-electron chi connectivity index (χ0n) is 11.0. The number of carboxylic acids is 1. The third-order valence-electron chi connectivity index (χ3n) is 2.45. The van der Waals surface area contributed by atoms with Crippen molar-refractivity contribution in [3.8, 4) is 0 Å². The highest BCUT2D eigenvalue weighted by molar-refractivity contribution is 7.98. The fraction of sp³-hybridized carbons (Fsp3) is 0.385. The van der Waals surface area contributed by atoms with Gasteiger partial charge < -0.3 is 15.7 Å². The lowest BCUT2D eigenvalue weighted by atomic mass is 10.2. The van der Waals surface area contributed by atoms with E-state index in [1.165, 1.54) is 6.92 Å². The number of nitrogens with one attached hydrogen (secondary N) is 2.